The van der Waals surface area contributed by atoms with E-state index in [2.05, 4.69) is 0 Å². The van der Waals surface area contributed by atoms with E-state index in [-0.39, 0.29) is 37.2 Å². The first-order chi connectivity index (χ1) is 9.29. The lowest BCUT2D eigenvalue weighted by molar-refractivity contribution is -0.184. The van der Waals surface area contributed by atoms with Gasteiger partial charge in [-0.25, -0.2) is 8.78 Å². The molecular formula is C14H16F5N. The second kappa shape index (κ2) is 5.68. The van der Waals surface area contributed by atoms with Crippen molar-refractivity contribution in [3.63, 3.8) is 0 Å². The van der Waals surface area contributed by atoms with E-state index in [4.69, 9.17) is 5.73 Å². The van der Waals surface area contributed by atoms with Crippen LogP contribution in [0.3, 0.4) is 0 Å². The van der Waals surface area contributed by atoms with Crippen LogP contribution in [0, 0.1) is 23.5 Å². The highest BCUT2D eigenvalue weighted by Crippen LogP contribution is 2.42. The third kappa shape index (κ3) is 3.29. The van der Waals surface area contributed by atoms with Gasteiger partial charge in [-0.15, -0.1) is 0 Å². The standard InChI is InChI=1S/C14H16F5N/c15-10-5-6-12(16)11(7-10)13(20)8-1-3-9(4-2-8)14(17,18)19/h5-9,13H,1-4,20H2. The number of benzene rings is 1. The van der Waals surface area contributed by atoms with E-state index in [9.17, 15) is 22.0 Å². The van der Waals surface area contributed by atoms with Gasteiger partial charge in [0.2, 0.25) is 0 Å². The number of hydrogen-bond acceptors (Lipinski definition) is 1. The van der Waals surface area contributed by atoms with Gasteiger partial charge in [0.05, 0.1) is 5.92 Å². The van der Waals surface area contributed by atoms with Gasteiger partial charge in [0.15, 0.2) is 0 Å². The molecule has 1 aromatic rings. The number of halogens is 5. The smallest absolute Gasteiger partial charge is 0.324 e. The van der Waals surface area contributed by atoms with Crippen LogP contribution in [0.15, 0.2) is 18.2 Å². The van der Waals surface area contributed by atoms with Crippen LogP contribution >= 0.6 is 0 Å². The predicted octanol–water partition coefficient (Wildman–Crippen LogP) is 4.33. The fourth-order valence-electron chi connectivity index (χ4n) is 2.83. The zero-order valence-electron chi connectivity index (χ0n) is 10.8. The predicted molar refractivity (Wildman–Crippen MR) is 64.8 cm³/mol. The highest BCUT2D eigenvalue weighted by atomic mass is 19.4. The molecule has 0 aromatic heterocycles. The summed E-state index contributed by atoms with van der Waals surface area (Å²) in [5, 5.41) is 0. The zero-order valence-corrected chi connectivity index (χ0v) is 10.8. The summed E-state index contributed by atoms with van der Waals surface area (Å²) in [4.78, 5) is 0. The minimum Gasteiger partial charge on any atom is -0.324 e. The number of rotatable bonds is 2. The topological polar surface area (TPSA) is 26.0 Å². The highest BCUT2D eigenvalue weighted by Gasteiger charge is 2.42. The molecular weight excluding hydrogens is 277 g/mol. The summed E-state index contributed by atoms with van der Waals surface area (Å²) in [5.74, 6) is -2.76. The lowest BCUT2D eigenvalue weighted by Gasteiger charge is -2.33. The first-order valence-electron chi connectivity index (χ1n) is 6.56. The van der Waals surface area contributed by atoms with Crippen molar-refractivity contribution in [2.75, 3.05) is 0 Å². The molecule has 1 unspecified atom stereocenters. The average Bonchev–Trinajstić information content (AvgIpc) is 2.40. The fourth-order valence-corrected chi connectivity index (χ4v) is 2.83. The molecule has 0 amide bonds. The molecule has 112 valence electrons. The Hall–Kier alpha value is -1.17. The molecule has 1 aliphatic carbocycles. The average molecular weight is 293 g/mol. The fraction of sp³-hybridized carbons (Fsp3) is 0.571. The van der Waals surface area contributed by atoms with Crippen molar-refractivity contribution in [3.8, 4) is 0 Å². The van der Waals surface area contributed by atoms with Crippen molar-refractivity contribution in [2.45, 2.75) is 37.9 Å². The minimum atomic E-state index is -4.18. The van der Waals surface area contributed by atoms with Crippen LogP contribution in [0.4, 0.5) is 22.0 Å². The molecule has 1 atom stereocenters. The molecule has 2 rings (SSSR count). The third-order valence-corrected chi connectivity index (χ3v) is 4.06. The number of hydrogen-bond donors (Lipinski definition) is 1. The lowest BCUT2D eigenvalue weighted by atomic mass is 9.76. The Morgan fingerprint density at radius 1 is 1.05 bits per heavy atom. The molecule has 2 N–H and O–H groups in total. The molecule has 0 saturated heterocycles. The van der Waals surface area contributed by atoms with Crippen LogP contribution in [0.1, 0.15) is 37.3 Å². The maximum absolute atomic E-state index is 13.6. The monoisotopic (exact) mass is 293 g/mol. The summed E-state index contributed by atoms with van der Waals surface area (Å²) in [5.41, 5.74) is 5.95. The van der Waals surface area contributed by atoms with E-state index in [1.807, 2.05) is 0 Å². The molecule has 6 heteroatoms. The molecule has 0 spiro atoms. The maximum Gasteiger partial charge on any atom is 0.391 e. The van der Waals surface area contributed by atoms with E-state index in [0.29, 0.717) is 0 Å². The van der Waals surface area contributed by atoms with Gasteiger partial charge in [-0.05, 0) is 49.8 Å². The molecule has 0 heterocycles. The van der Waals surface area contributed by atoms with Crippen LogP contribution in [-0.2, 0) is 0 Å². The van der Waals surface area contributed by atoms with E-state index >= 15 is 0 Å². The highest BCUT2D eigenvalue weighted by molar-refractivity contribution is 5.22. The van der Waals surface area contributed by atoms with Crippen molar-refractivity contribution in [2.24, 2.45) is 17.6 Å². The molecule has 20 heavy (non-hydrogen) atoms. The van der Waals surface area contributed by atoms with Crippen LogP contribution in [0.25, 0.3) is 0 Å². The van der Waals surface area contributed by atoms with Gasteiger partial charge in [-0.1, -0.05) is 0 Å². The Labute approximate surface area is 114 Å². The Kier molecular flexibility index (Phi) is 4.32. The van der Waals surface area contributed by atoms with Crippen molar-refractivity contribution in [1.29, 1.82) is 0 Å². The first kappa shape index (κ1) is 15.2. The molecule has 1 saturated carbocycles. The molecule has 0 bridgehead atoms. The molecule has 1 nitrogen and oxygen atoms in total. The number of alkyl halides is 3. The van der Waals surface area contributed by atoms with Crippen LogP contribution in [0.5, 0.6) is 0 Å². The summed E-state index contributed by atoms with van der Waals surface area (Å²) in [6.45, 7) is 0. The van der Waals surface area contributed by atoms with E-state index in [0.717, 1.165) is 18.2 Å². The van der Waals surface area contributed by atoms with Crippen molar-refractivity contribution >= 4 is 0 Å². The van der Waals surface area contributed by atoms with Crippen LogP contribution in [-0.4, -0.2) is 6.18 Å². The lowest BCUT2D eigenvalue weighted by Crippen LogP contribution is -2.32. The van der Waals surface area contributed by atoms with Gasteiger partial charge in [0.25, 0.3) is 0 Å². The van der Waals surface area contributed by atoms with Gasteiger partial charge in [-0.3, -0.25) is 0 Å². The third-order valence-electron chi connectivity index (χ3n) is 4.06. The van der Waals surface area contributed by atoms with E-state index in [1.54, 1.807) is 0 Å². The normalized spacial score (nSPS) is 25.5. The van der Waals surface area contributed by atoms with Crippen LogP contribution < -0.4 is 5.73 Å². The summed E-state index contributed by atoms with van der Waals surface area (Å²) in [6.07, 6.45) is -3.63. The summed E-state index contributed by atoms with van der Waals surface area (Å²) < 4.78 is 64.4. The second-order valence-electron chi connectivity index (χ2n) is 5.34. The number of nitrogens with two attached hydrogens (primary N) is 1. The molecule has 0 radical (unpaired) electrons. The Balaban J connectivity index is 2.05. The van der Waals surface area contributed by atoms with E-state index in [1.165, 1.54) is 0 Å². The second-order valence-corrected chi connectivity index (χ2v) is 5.34. The van der Waals surface area contributed by atoms with Gasteiger partial charge in [0, 0.05) is 11.6 Å². The Morgan fingerprint density at radius 2 is 1.65 bits per heavy atom. The SMILES string of the molecule is NC(c1cc(F)ccc1F)C1CCC(C(F)(F)F)CC1. The van der Waals surface area contributed by atoms with Crippen molar-refractivity contribution < 1.29 is 22.0 Å². The minimum absolute atomic E-state index is 0.00119. The van der Waals surface area contributed by atoms with Gasteiger partial charge < -0.3 is 5.73 Å². The van der Waals surface area contributed by atoms with Gasteiger partial charge >= 0.3 is 6.18 Å². The molecule has 0 aliphatic heterocycles. The Bertz CT molecular complexity index is 463. The maximum atomic E-state index is 13.6. The van der Waals surface area contributed by atoms with Crippen molar-refractivity contribution in [3.05, 3.63) is 35.4 Å². The van der Waals surface area contributed by atoms with E-state index < -0.39 is 29.8 Å². The zero-order chi connectivity index (χ0) is 14.9. The molecule has 1 fully saturated rings. The quantitative estimate of drug-likeness (QED) is 0.807. The van der Waals surface area contributed by atoms with Crippen LogP contribution in [0.2, 0.25) is 0 Å². The van der Waals surface area contributed by atoms with Gasteiger partial charge in [-0.2, -0.15) is 13.2 Å². The first-order valence-corrected chi connectivity index (χ1v) is 6.56. The Morgan fingerprint density at radius 3 is 2.20 bits per heavy atom. The summed E-state index contributed by atoms with van der Waals surface area (Å²) >= 11 is 0. The largest absolute Gasteiger partial charge is 0.391 e. The summed E-state index contributed by atoms with van der Waals surface area (Å²) in [7, 11) is 0. The molecule has 1 aromatic carbocycles. The molecule has 1 aliphatic rings. The van der Waals surface area contributed by atoms with Gasteiger partial charge in [0.1, 0.15) is 11.6 Å². The van der Waals surface area contributed by atoms with Crippen molar-refractivity contribution in [1.82, 2.24) is 0 Å². The summed E-state index contributed by atoms with van der Waals surface area (Å²) in [6, 6.07) is 2.24.